The summed E-state index contributed by atoms with van der Waals surface area (Å²) >= 11 is 0. The number of sulfonamides is 1. The Morgan fingerprint density at radius 3 is 2.75 bits per heavy atom. The average molecular weight is 298 g/mol. The summed E-state index contributed by atoms with van der Waals surface area (Å²) in [5, 5.41) is 5.53. The van der Waals surface area contributed by atoms with Crippen molar-refractivity contribution in [2.75, 3.05) is 12.4 Å². The third-order valence-electron chi connectivity index (χ3n) is 2.95. The molecule has 8 heteroatoms. The molecule has 1 heterocycles. The Hall–Kier alpha value is -1.67. The zero-order valence-corrected chi connectivity index (χ0v) is 12.2. The van der Waals surface area contributed by atoms with Crippen molar-refractivity contribution in [1.82, 2.24) is 15.0 Å². The molecule has 1 unspecified atom stereocenters. The second-order valence-electron chi connectivity index (χ2n) is 4.75. The molecule has 0 saturated heterocycles. The highest BCUT2D eigenvalue weighted by molar-refractivity contribution is 7.89. The number of aromatic nitrogens is 1. The maximum Gasteiger partial charge on any atom is 0.241 e. The van der Waals surface area contributed by atoms with E-state index in [0.29, 0.717) is 5.82 Å². The first-order valence-corrected chi connectivity index (χ1v) is 7.87. The van der Waals surface area contributed by atoms with Gasteiger partial charge in [-0.15, -0.1) is 0 Å². The number of pyridine rings is 1. The van der Waals surface area contributed by atoms with Gasteiger partial charge < -0.3 is 10.6 Å². The van der Waals surface area contributed by atoms with Gasteiger partial charge in [0.2, 0.25) is 15.9 Å². The van der Waals surface area contributed by atoms with Crippen LogP contribution in [0.4, 0.5) is 5.82 Å². The third-order valence-corrected chi connectivity index (χ3v) is 4.49. The molecule has 0 radical (unpaired) electrons. The number of carbonyl (C=O) groups is 1. The molecule has 1 aromatic rings. The van der Waals surface area contributed by atoms with Crippen molar-refractivity contribution in [2.24, 2.45) is 0 Å². The number of nitrogens with zero attached hydrogens (tertiary/aromatic N) is 1. The third kappa shape index (κ3) is 3.67. The van der Waals surface area contributed by atoms with Crippen LogP contribution in [-0.4, -0.2) is 38.4 Å². The second kappa shape index (κ2) is 5.76. The minimum atomic E-state index is -3.74. The quantitative estimate of drug-likeness (QED) is 0.690. The van der Waals surface area contributed by atoms with Gasteiger partial charge in [-0.2, -0.15) is 4.72 Å². The lowest BCUT2D eigenvalue weighted by atomic mass is 10.3. The fraction of sp³-hybridized carbons (Fsp3) is 0.500. The zero-order valence-electron chi connectivity index (χ0n) is 11.4. The van der Waals surface area contributed by atoms with E-state index >= 15 is 0 Å². The topological polar surface area (TPSA) is 100 Å². The van der Waals surface area contributed by atoms with Crippen LogP contribution < -0.4 is 15.4 Å². The molecular formula is C12H18N4O3S. The van der Waals surface area contributed by atoms with Crippen LogP contribution >= 0.6 is 0 Å². The van der Waals surface area contributed by atoms with Crippen LogP contribution in [-0.2, 0) is 14.8 Å². The summed E-state index contributed by atoms with van der Waals surface area (Å²) in [5.41, 5.74) is 0. The number of anilines is 1. The first kappa shape index (κ1) is 14.7. The van der Waals surface area contributed by atoms with Crippen molar-refractivity contribution in [3.05, 3.63) is 18.3 Å². The molecule has 110 valence electrons. The molecule has 0 bridgehead atoms. The Morgan fingerprint density at radius 1 is 1.45 bits per heavy atom. The molecule has 1 aliphatic rings. The highest BCUT2D eigenvalue weighted by atomic mass is 32.2. The van der Waals surface area contributed by atoms with E-state index in [1.54, 1.807) is 7.05 Å². The van der Waals surface area contributed by atoms with Crippen LogP contribution in [0.3, 0.4) is 0 Å². The van der Waals surface area contributed by atoms with E-state index in [4.69, 9.17) is 0 Å². The van der Waals surface area contributed by atoms with E-state index in [1.807, 2.05) is 0 Å². The molecule has 0 aromatic carbocycles. The Bertz CT molecular complexity index is 598. The fourth-order valence-corrected chi connectivity index (χ4v) is 2.84. The molecule has 3 N–H and O–H groups in total. The smallest absolute Gasteiger partial charge is 0.241 e. The summed E-state index contributed by atoms with van der Waals surface area (Å²) in [5.74, 6) is 0.141. The standard InChI is InChI=1S/C12H18N4O3S/c1-8(12(17)15-9-3-4-9)16-20(18,19)10-5-6-14-11(7-10)13-2/h5-9,16H,3-4H2,1-2H3,(H,13,14)(H,15,17). The van der Waals surface area contributed by atoms with E-state index in [-0.39, 0.29) is 16.8 Å². The molecule has 20 heavy (non-hydrogen) atoms. The van der Waals surface area contributed by atoms with E-state index in [1.165, 1.54) is 25.3 Å². The van der Waals surface area contributed by atoms with Crippen molar-refractivity contribution in [2.45, 2.75) is 36.7 Å². The molecule has 0 aliphatic heterocycles. The van der Waals surface area contributed by atoms with Crippen molar-refractivity contribution >= 4 is 21.7 Å². The number of carbonyl (C=O) groups excluding carboxylic acids is 1. The van der Waals surface area contributed by atoms with E-state index in [2.05, 4.69) is 20.3 Å². The fourth-order valence-electron chi connectivity index (χ4n) is 1.62. The number of nitrogens with one attached hydrogen (secondary N) is 3. The summed E-state index contributed by atoms with van der Waals surface area (Å²) in [7, 11) is -2.09. The van der Waals surface area contributed by atoms with Crippen LogP contribution in [0.25, 0.3) is 0 Å². The summed E-state index contributed by atoms with van der Waals surface area (Å²) in [6, 6.07) is 2.18. The van der Waals surface area contributed by atoms with Crippen molar-refractivity contribution < 1.29 is 13.2 Å². The maximum absolute atomic E-state index is 12.2. The Morgan fingerprint density at radius 2 is 2.15 bits per heavy atom. The lowest BCUT2D eigenvalue weighted by Gasteiger charge is -2.14. The lowest BCUT2D eigenvalue weighted by Crippen LogP contribution is -2.45. The second-order valence-corrected chi connectivity index (χ2v) is 6.47. The van der Waals surface area contributed by atoms with E-state index in [0.717, 1.165) is 12.8 Å². The minimum absolute atomic E-state index is 0.0721. The van der Waals surface area contributed by atoms with Crippen LogP contribution in [0.2, 0.25) is 0 Å². The number of rotatable bonds is 6. The van der Waals surface area contributed by atoms with Crippen LogP contribution in [0.15, 0.2) is 23.2 Å². The number of amides is 1. The lowest BCUT2D eigenvalue weighted by molar-refractivity contribution is -0.122. The zero-order chi connectivity index (χ0) is 14.8. The molecule has 0 spiro atoms. The first-order valence-electron chi connectivity index (χ1n) is 6.39. The average Bonchev–Trinajstić information content (AvgIpc) is 3.22. The van der Waals surface area contributed by atoms with Gasteiger partial charge in [-0.1, -0.05) is 0 Å². The van der Waals surface area contributed by atoms with Crippen LogP contribution in [0.5, 0.6) is 0 Å². The molecule has 2 rings (SSSR count). The predicted molar refractivity (Wildman–Crippen MR) is 74.7 cm³/mol. The molecule has 1 aliphatic carbocycles. The summed E-state index contributed by atoms with van der Waals surface area (Å²) in [6.45, 7) is 1.52. The monoisotopic (exact) mass is 298 g/mol. The molecule has 1 aromatic heterocycles. The Balaban J connectivity index is 2.07. The molecule has 7 nitrogen and oxygen atoms in total. The van der Waals surface area contributed by atoms with E-state index < -0.39 is 16.1 Å². The summed E-state index contributed by atoms with van der Waals surface area (Å²) in [6.07, 6.45) is 3.32. The molecule has 1 saturated carbocycles. The SMILES string of the molecule is CNc1cc(S(=O)(=O)NC(C)C(=O)NC2CC2)ccn1. The summed E-state index contributed by atoms with van der Waals surface area (Å²) < 4.78 is 26.7. The van der Waals surface area contributed by atoms with Crippen LogP contribution in [0, 0.1) is 0 Å². The molecular weight excluding hydrogens is 280 g/mol. The number of hydrogen-bond donors (Lipinski definition) is 3. The van der Waals surface area contributed by atoms with E-state index in [9.17, 15) is 13.2 Å². The van der Waals surface area contributed by atoms with Crippen LogP contribution in [0.1, 0.15) is 19.8 Å². The molecule has 1 atom stereocenters. The predicted octanol–water partition coefficient (Wildman–Crippen LogP) is 0.0687. The van der Waals surface area contributed by atoms with Crippen molar-refractivity contribution in [1.29, 1.82) is 0 Å². The van der Waals surface area contributed by atoms with Gasteiger partial charge in [0, 0.05) is 25.4 Å². The Labute approximate surface area is 118 Å². The van der Waals surface area contributed by atoms with Gasteiger partial charge in [-0.25, -0.2) is 13.4 Å². The van der Waals surface area contributed by atoms with Crippen molar-refractivity contribution in [3.63, 3.8) is 0 Å². The largest absolute Gasteiger partial charge is 0.373 e. The van der Waals surface area contributed by atoms with Gasteiger partial charge in [-0.05, 0) is 25.8 Å². The Kier molecular flexibility index (Phi) is 4.24. The van der Waals surface area contributed by atoms with Gasteiger partial charge in [-0.3, -0.25) is 4.79 Å². The van der Waals surface area contributed by atoms with Gasteiger partial charge in [0.05, 0.1) is 10.9 Å². The molecule has 1 fully saturated rings. The highest BCUT2D eigenvalue weighted by Crippen LogP contribution is 2.19. The van der Waals surface area contributed by atoms with Gasteiger partial charge in [0.25, 0.3) is 0 Å². The molecule has 1 amide bonds. The minimum Gasteiger partial charge on any atom is -0.373 e. The number of hydrogen-bond acceptors (Lipinski definition) is 5. The first-order chi connectivity index (χ1) is 9.42. The normalized spacial score (nSPS) is 16.5. The highest BCUT2D eigenvalue weighted by Gasteiger charge is 2.28. The van der Waals surface area contributed by atoms with Gasteiger partial charge in [0.15, 0.2) is 0 Å². The van der Waals surface area contributed by atoms with Crippen molar-refractivity contribution in [3.8, 4) is 0 Å². The van der Waals surface area contributed by atoms with Gasteiger partial charge in [0.1, 0.15) is 5.82 Å². The maximum atomic E-state index is 12.2. The van der Waals surface area contributed by atoms with Gasteiger partial charge >= 0.3 is 0 Å². The summed E-state index contributed by atoms with van der Waals surface area (Å²) in [4.78, 5) is 15.8.